The predicted octanol–water partition coefficient (Wildman–Crippen LogP) is 3.74. The standard InChI is InChI=1S/C18H19ClN2O2/c1-3-23-17-9-8-16(19)11-15(17)12-20-21-18(22)10-14-6-4-13(2)5-7-14/h4-9,11-12H,3,10H2,1-2H3,(H,21,22)/b20-12+. The van der Waals surface area contributed by atoms with Crippen molar-refractivity contribution in [2.24, 2.45) is 5.10 Å². The molecule has 1 amide bonds. The van der Waals surface area contributed by atoms with Crippen molar-refractivity contribution >= 4 is 23.7 Å². The quantitative estimate of drug-likeness (QED) is 0.648. The zero-order valence-corrected chi connectivity index (χ0v) is 13.9. The third-order valence-electron chi connectivity index (χ3n) is 3.15. The van der Waals surface area contributed by atoms with Gasteiger partial charge in [0, 0.05) is 10.6 Å². The van der Waals surface area contributed by atoms with Crippen molar-refractivity contribution in [1.82, 2.24) is 5.43 Å². The second-order valence-electron chi connectivity index (χ2n) is 5.07. The van der Waals surface area contributed by atoms with Gasteiger partial charge >= 0.3 is 0 Å². The second kappa shape index (κ2) is 8.34. The molecule has 120 valence electrons. The van der Waals surface area contributed by atoms with Gasteiger partial charge in [0.15, 0.2) is 0 Å². The molecule has 0 atom stereocenters. The van der Waals surface area contributed by atoms with E-state index in [0.29, 0.717) is 17.4 Å². The summed E-state index contributed by atoms with van der Waals surface area (Å²) in [4.78, 5) is 11.9. The van der Waals surface area contributed by atoms with E-state index in [1.54, 1.807) is 18.2 Å². The zero-order valence-electron chi connectivity index (χ0n) is 13.2. The first-order valence-electron chi connectivity index (χ1n) is 7.38. The molecule has 2 rings (SSSR count). The summed E-state index contributed by atoms with van der Waals surface area (Å²) in [5.74, 6) is 0.499. The maximum atomic E-state index is 11.9. The Balaban J connectivity index is 1.97. The number of hydrogen-bond acceptors (Lipinski definition) is 3. The van der Waals surface area contributed by atoms with E-state index in [1.165, 1.54) is 6.21 Å². The molecule has 0 saturated heterocycles. The molecule has 2 aromatic carbocycles. The number of benzene rings is 2. The molecule has 0 unspecified atom stereocenters. The van der Waals surface area contributed by atoms with E-state index < -0.39 is 0 Å². The summed E-state index contributed by atoms with van der Waals surface area (Å²) in [7, 11) is 0. The third-order valence-corrected chi connectivity index (χ3v) is 3.38. The molecular weight excluding hydrogens is 312 g/mol. The van der Waals surface area contributed by atoms with Gasteiger partial charge in [-0.3, -0.25) is 4.79 Å². The van der Waals surface area contributed by atoms with Crippen molar-refractivity contribution in [3.05, 3.63) is 64.2 Å². The Morgan fingerprint density at radius 1 is 1.26 bits per heavy atom. The summed E-state index contributed by atoms with van der Waals surface area (Å²) in [5.41, 5.74) is 5.34. The minimum Gasteiger partial charge on any atom is -0.493 e. The van der Waals surface area contributed by atoms with E-state index in [-0.39, 0.29) is 12.3 Å². The monoisotopic (exact) mass is 330 g/mol. The minimum absolute atomic E-state index is 0.176. The van der Waals surface area contributed by atoms with Crippen LogP contribution in [-0.4, -0.2) is 18.7 Å². The van der Waals surface area contributed by atoms with Crippen molar-refractivity contribution < 1.29 is 9.53 Å². The zero-order chi connectivity index (χ0) is 16.7. The fourth-order valence-corrected chi connectivity index (χ4v) is 2.19. The highest BCUT2D eigenvalue weighted by atomic mass is 35.5. The Morgan fingerprint density at radius 3 is 2.70 bits per heavy atom. The van der Waals surface area contributed by atoms with Gasteiger partial charge in [-0.05, 0) is 37.6 Å². The fraction of sp³-hybridized carbons (Fsp3) is 0.222. The van der Waals surface area contributed by atoms with Crippen LogP contribution in [0.15, 0.2) is 47.6 Å². The molecule has 0 bridgehead atoms. The molecule has 0 aromatic heterocycles. The lowest BCUT2D eigenvalue weighted by atomic mass is 10.1. The molecule has 0 aliphatic heterocycles. The number of ether oxygens (including phenoxy) is 1. The molecular formula is C18H19ClN2O2. The van der Waals surface area contributed by atoms with Gasteiger partial charge in [-0.1, -0.05) is 41.4 Å². The van der Waals surface area contributed by atoms with Crippen LogP contribution in [0.3, 0.4) is 0 Å². The number of aryl methyl sites for hydroxylation is 1. The van der Waals surface area contributed by atoms with Gasteiger partial charge in [-0.25, -0.2) is 5.43 Å². The first-order valence-corrected chi connectivity index (χ1v) is 7.76. The topological polar surface area (TPSA) is 50.7 Å². The molecule has 1 N–H and O–H groups in total. The summed E-state index contributed by atoms with van der Waals surface area (Å²) < 4.78 is 5.49. The number of carbonyl (C=O) groups excluding carboxylic acids is 1. The van der Waals surface area contributed by atoms with E-state index in [0.717, 1.165) is 16.7 Å². The largest absolute Gasteiger partial charge is 0.493 e. The van der Waals surface area contributed by atoms with Gasteiger partial charge in [0.2, 0.25) is 5.91 Å². The molecule has 4 nitrogen and oxygen atoms in total. The summed E-state index contributed by atoms with van der Waals surface area (Å²) in [5, 5.41) is 4.56. The van der Waals surface area contributed by atoms with Gasteiger partial charge < -0.3 is 4.74 Å². The van der Waals surface area contributed by atoms with E-state index >= 15 is 0 Å². The van der Waals surface area contributed by atoms with Crippen LogP contribution in [0.1, 0.15) is 23.6 Å². The molecule has 0 radical (unpaired) electrons. The fourth-order valence-electron chi connectivity index (χ4n) is 2.01. The number of rotatable bonds is 6. The minimum atomic E-state index is -0.176. The van der Waals surface area contributed by atoms with E-state index in [9.17, 15) is 4.79 Å². The highest BCUT2D eigenvalue weighted by Crippen LogP contribution is 2.21. The van der Waals surface area contributed by atoms with Gasteiger partial charge in [0.25, 0.3) is 0 Å². The van der Waals surface area contributed by atoms with Crippen LogP contribution in [0.4, 0.5) is 0 Å². The van der Waals surface area contributed by atoms with Crippen molar-refractivity contribution in [3.8, 4) is 5.75 Å². The first-order chi connectivity index (χ1) is 11.1. The Hall–Kier alpha value is -2.33. The smallest absolute Gasteiger partial charge is 0.244 e. The third kappa shape index (κ3) is 5.42. The molecule has 0 heterocycles. The molecule has 2 aromatic rings. The van der Waals surface area contributed by atoms with Crippen molar-refractivity contribution in [3.63, 3.8) is 0 Å². The number of halogens is 1. The van der Waals surface area contributed by atoms with Crippen LogP contribution in [0.5, 0.6) is 5.75 Å². The van der Waals surface area contributed by atoms with Crippen LogP contribution in [0, 0.1) is 6.92 Å². The Labute approximate surface area is 141 Å². The van der Waals surface area contributed by atoms with Gasteiger partial charge in [0.05, 0.1) is 19.2 Å². The average molecular weight is 331 g/mol. The van der Waals surface area contributed by atoms with Crippen molar-refractivity contribution in [2.75, 3.05) is 6.61 Å². The number of nitrogens with one attached hydrogen (secondary N) is 1. The number of nitrogens with zero attached hydrogens (tertiary/aromatic N) is 1. The maximum absolute atomic E-state index is 11.9. The van der Waals surface area contributed by atoms with Crippen LogP contribution < -0.4 is 10.2 Å². The van der Waals surface area contributed by atoms with Crippen LogP contribution >= 0.6 is 11.6 Å². The van der Waals surface area contributed by atoms with Crippen LogP contribution in [-0.2, 0) is 11.2 Å². The predicted molar refractivity (Wildman–Crippen MR) is 93.2 cm³/mol. The number of hydrogen-bond donors (Lipinski definition) is 1. The van der Waals surface area contributed by atoms with Gasteiger partial charge in [-0.2, -0.15) is 5.10 Å². The summed E-state index contributed by atoms with van der Waals surface area (Å²) in [6, 6.07) is 13.1. The number of amides is 1. The highest BCUT2D eigenvalue weighted by Gasteiger charge is 2.04. The molecule has 0 aliphatic carbocycles. The molecule has 23 heavy (non-hydrogen) atoms. The molecule has 0 spiro atoms. The van der Waals surface area contributed by atoms with Crippen molar-refractivity contribution in [1.29, 1.82) is 0 Å². The maximum Gasteiger partial charge on any atom is 0.244 e. The lowest BCUT2D eigenvalue weighted by Crippen LogP contribution is -2.19. The van der Waals surface area contributed by atoms with Gasteiger partial charge in [0.1, 0.15) is 5.75 Å². The molecule has 5 heteroatoms. The van der Waals surface area contributed by atoms with Crippen LogP contribution in [0.25, 0.3) is 0 Å². The lowest BCUT2D eigenvalue weighted by molar-refractivity contribution is -0.120. The Bertz CT molecular complexity index is 697. The normalized spacial score (nSPS) is 10.7. The molecule has 0 saturated carbocycles. The van der Waals surface area contributed by atoms with E-state index in [2.05, 4.69) is 10.5 Å². The number of hydrazone groups is 1. The summed E-state index contributed by atoms with van der Waals surface area (Å²) in [6.45, 7) is 4.45. The first kappa shape index (κ1) is 17.0. The lowest BCUT2D eigenvalue weighted by Gasteiger charge is -2.07. The number of carbonyl (C=O) groups is 1. The van der Waals surface area contributed by atoms with E-state index in [1.807, 2.05) is 38.1 Å². The van der Waals surface area contributed by atoms with Crippen LogP contribution in [0.2, 0.25) is 5.02 Å². The Kier molecular flexibility index (Phi) is 6.18. The second-order valence-corrected chi connectivity index (χ2v) is 5.51. The SMILES string of the molecule is CCOc1ccc(Cl)cc1/C=N/NC(=O)Cc1ccc(C)cc1. The van der Waals surface area contributed by atoms with Crippen molar-refractivity contribution in [2.45, 2.75) is 20.3 Å². The molecule has 0 fully saturated rings. The summed E-state index contributed by atoms with van der Waals surface area (Å²) >= 11 is 5.97. The van der Waals surface area contributed by atoms with E-state index in [4.69, 9.17) is 16.3 Å². The Morgan fingerprint density at radius 2 is 2.00 bits per heavy atom. The van der Waals surface area contributed by atoms with Gasteiger partial charge in [-0.15, -0.1) is 0 Å². The average Bonchev–Trinajstić information content (AvgIpc) is 2.52. The summed E-state index contributed by atoms with van der Waals surface area (Å²) in [6.07, 6.45) is 1.81. The highest BCUT2D eigenvalue weighted by molar-refractivity contribution is 6.30. The molecule has 0 aliphatic rings.